The summed E-state index contributed by atoms with van der Waals surface area (Å²) in [5, 5.41) is 12.2. The van der Waals surface area contributed by atoms with Gasteiger partial charge >= 0.3 is 5.97 Å². The van der Waals surface area contributed by atoms with Gasteiger partial charge in [-0.05, 0) is 37.8 Å². The van der Waals surface area contributed by atoms with Crippen LogP contribution in [0, 0.1) is 11.7 Å². The maximum absolute atomic E-state index is 13.8. The second-order valence-corrected chi connectivity index (χ2v) is 5.44. The Morgan fingerprint density at radius 1 is 1.29 bits per heavy atom. The number of hydrogen-bond acceptors (Lipinski definition) is 3. The van der Waals surface area contributed by atoms with Crippen LogP contribution in [0.2, 0.25) is 0 Å². The smallest absolute Gasteiger partial charge is 0.306 e. The molecule has 1 aromatic carbocycles. The molecule has 2 rings (SSSR count). The van der Waals surface area contributed by atoms with Crippen LogP contribution >= 0.6 is 0 Å². The predicted octanol–water partition coefficient (Wildman–Crippen LogP) is 1.66. The van der Waals surface area contributed by atoms with Crippen molar-refractivity contribution < 1.29 is 19.1 Å². The van der Waals surface area contributed by atoms with Gasteiger partial charge in [0.1, 0.15) is 5.82 Å². The minimum atomic E-state index is -0.735. The van der Waals surface area contributed by atoms with Gasteiger partial charge in [-0.3, -0.25) is 9.59 Å². The molecule has 0 aliphatic heterocycles. The molecule has 1 saturated carbocycles. The van der Waals surface area contributed by atoms with E-state index in [0.29, 0.717) is 24.9 Å². The first-order valence-electron chi connectivity index (χ1n) is 7.01. The largest absolute Gasteiger partial charge is 0.481 e. The monoisotopic (exact) mass is 294 g/mol. The van der Waals surface area contributed by atoms with Crippen molar-refractivity contribution in [2.24, 2.45) is 11.7 Å². The van der Waals surface area contributed by atoms with Crippen LogP contribution in [-0.2, 0) is 11.3 Å². The molecule has 21 heavy (non-hydrogen) atoms. The van der Waals surface area contributed by atoms with Gasteiger partial charge in [0, 0.05) is 23.7 Å². The lowest BCUT2D eigenvalue weighted by Crippen LogP contribution is -2.34. The molecule has 1 aliphatic rings. The van der Waals surface area contributed by atoms with E-state index in [1.165, 1.54) is 6.07 Å². The highest BCUT2D eigenvalue weighted by Crippen LogP contribution is 2.24. The Morgan fingerprint density at radius 2 is 1.95 bits per heavy atom. The summed E-state index contributed by atoms with van der Waals surface area (Å²) < 4.78 is 13.8. The number of carbonyl (C=O) groups is 2. The number of primary amides is 1. The number of hydrogen-bond donors (Lipinski definition) is 3. The van der Waals surface area contributed by atoms with E-state index >= 15 is 0 Å². The first-order chi connectivity index (χ1) is 9.97. The maximum Gasteiger partial charge on any atom is 0.306 e. The van der Waals surface area contributed by atoms with E-state index in [4.69, 9.17) is 10.8 Å². The molecule has 114 valence electrons. The number of nitrogens with one attached hydrogen (secondary N) is 1. The fourth-order valence-corrected chi connectivity index (χ4v) is 2.64. The summed E-state index contributed by atoms with van der Waals surface area (Å²) in [6.07, 6.45) is 2.85. The molecule has 4 N–H and O–H groups in total. The van der Waals surface area contributed by atoms with Gasteiger partial charge in [0.05, 0.1) is 5.92 Å². The SMILES string of the molecule is NC(=O)c1ccc(CNC2CCC(C(=O)O)CC2)c(F)c1. The van der Waals surface area contributed by atoms with Gasteiger partial charge in [0.15, 0.2) is 0 Å². The molecule has 0 bridgehead atoms. The Labute approximate surface area is 122 Å². The normalized spacial score (nSPS) is 22.0. The molecular formula is C15H19FN2O3. The summed E-state index contributed by atoms with van der Waals surface area (Å²) in [5.41, 5.74) is 5.72. The van der Waals surface area contributed by atoms with Crippen LogP contribution in [0.4, 0.5) is 4.39 Å². The van der Waals surface area contributed by atoms with Gasteiger partial charge in [-0.25, -0.2) is 4.39 Å². The number of halogens is 1. The molecule has 6 heteroatoms. The third-order valence-electron chi connectivity index (χ3n) is 4.00. The van der Waals surface area contributed by atoms with Crippen molar-refractivity contribution in [1.29, 1.82) is 0 Å². The van der Waals surface area contributed by atoms with Crippen LogP contribution in [0.25, 0.3) is 0 Å². The third-order valence-corrected chi connectivity index (χ3v) is 4.00. The predicted molar refractivity (Wildman–Crippen MR) is 75.1 cm³/mol. The molecule has 0 atom stereocenters. The van der Waals surface area contributed by atoms with Gasteiger partial charge in [-0.15, -0.1) is 0 Å². The zero-order valence-electron chi connectivity index (χ0n) is 11.6. The molecule has 0 saturated heterocycles. The van der Waals surface area contributed by atoms with Crippen LogP contribution in [0.15, 0.2) is 18.2 Å². The lowest BCUT2D eigenvalue weighted by atomic mass is 9.86. The molecule has 1 fully saturated rings. The summed E-state index contributed by atoms with van der Waals surface area (Å²) >= 11 is 0. The van der Waals surface area contributed by atoms with Crippen LogP contribution in [-0.4, -0.2) is 23.0 Å². The maximum atomic E-state index is 13.8. The van der Waals surface area contributed by atoms with Crippen LogP contribution in [0.1, 0.15) is 41.6 Å². The molecule has 0 unspecified atom stereocenters. The van der Waals surface area contributed by atoms with Crippen molar-refractivity contribution in [2.75, 3.05) is 0 Å². The highest BCUT2D eigenvalue weighted by atomic mass is 19.1. The Hall–Kier alpha value is -1.95. The zero-order chi connectivity index (χ0) is 15.4. The van der Waals surface area contributed by atoms with Gasteiger partial charge in [0.25, 0.3) is 0 Å². The summed E-state index contributed by atoms with van der Waals surface area (Å²) in [6.45, 7) is 0.354. The van der Waals surface area contributed by atoms with Crippen molar-refractivity contribution in [3.8, 4) is 0 Å². The van der Waals surface area contributed by atoms with Gasteiger partial charge < -0.3 is 16.2 Å². The topological polar surface area (TPSA) is 92.4 Å². The molecule has 0 spiro atoms. The molecule has 0 radical (unpaired) electrons. The lowest BCUT2D eigenvalue weighted by Gasteiger charge is -2.27. The number of benzene rings is 1. The lowest BCUT2D eigenvalue weighted by molar-refractivity contribution is -0.142. The Balaban J connectivity index is 1.87. The summed E-state index contributed by atoms with van der Waals surface area (Å²) in [5.74, 6) is -2.10. The standard InChI is InChI=1S/C15H19FN2O3/c16-13-7-10(14(17)19)1-2-11(13)8-18-12-5-3-9(4-6-12)15(20)21/h1-2,7,9,12,18H,3-6,8H2,(H2,17,19)(H,20,21). The minimum Gasteiger partial charge on any atom is -0.481 e. The molecule has 1 amide bonds. The van der Waals surface area contributed by atoms with Gasteiger partial charge in [0.2, 0.25) is 5.91 Å². The van der Waals surface area contributed by atoms with E-state index < -0.39 is 17.7 Å². The van der Waals surface area contributed by atoms with Crippen molar-refractivity contribution in [2.45, 2.75) is 38.3 Å². The Bertz CT molecular complexity index is 540. The summed E-state index contributed by atoms with van der Waals surface area (Å²) in [4.78, 5) is 21.8. The second kappa shape index (κ2) is 6.67. The van der Waals surface area contributed by atoms with E-state index in [1.807, 2.05) is 0 Å². The van der Waals surface area contributed by atoms with E-state index in [1.54, 1.807) is 6.07 Å². The highest BCUT2D eigenvalue weighted by Gasteiger charge is 2.25. The highest BCUT2D eigenvalue weighted by molar-refractivity contribution is 5.92. The third kappa shape index (κ3) is 4.01. The van der Waals surface area contributed by atoms with Gasteiger partial charge in [-0.2, -0.15) is 0 Å². The van der Waals surface area contributed by atoms with Crippen molar-refractivity contribution in [3.63, 3.8) is 0 Å². The number of rotatable bonds is 5. The van der Waals surface area contributed by atoms with Crippen molar-refractivity contribution >= 4 is 11.9 Å². The molecule has 0 aromatic heterocycles. The number of carbonyl (C=O) groups excluding carboxylic acids is 1. The minimum absolute atomic E-state index is 0.151. The molecule has 1 aromatic rings. The first kappa shape index (κ1) is 15.4. The Kier molecular flexibility index (Phi) is 4.90. The number of aliphatic carboxylic acids is 1. The number of carboxylic acids is 1. The molecular weight excluding hydrogens is 275 g/mol. The van der Waals surface area contributed by atoms with Crippen LogP contribution < -0.4 is 11.1 Å². The number of carboxylic acid groups (broad SMARTS) is 1. The molecule has 1 aliphatic carbocycles. The van der Waals surface area contributed by atoms with Crippen LogP contribution in [0.3, 0.4) is 0 Å². The average Bonchev–Trinajstić information content (AvgIpc) is 2.46. The Morgan fingerprint density at radius 3 is 2.48 bits per heavy atom. The van der Waals surface area contributed by atoms with Crippen LogP contribution in [0.5, 0.6) is 0 Å². The van der Waals surface area contributed by atoms with E-state index in [0.717, 1.165) is 18.9 Å². The quantitative estimate of drug-likeness (QED) is 0.770. The van der Waals surface area contributed by atoms with Gasteiger partial charge in [-0.1, -0.05) is 6.07 Å². The van der Waals surface area contributed by atoms with Crippen molar-refractivity contribution in [3.05, 3.63) is 35.1 Å². The summed E-state index contributed by atoms with van der Waals surface area (Å²) in [6, 6.07) is 4.39. The van der Waals surface area contributed by atoms with Crippen molar-refractivity contribution in [1.82, 2.24) is 5.32 Å². The van der Waals surface area contributed by atoms with E-state index in [9.17, 15) is 14.0 Å². The fraction of sp³-hybridized carbons (Fsp3) is 0.467. The second-order valence-electron chi connectivity index (χ2n) is 5.44. The fourth-order valence-electron chi connectivity index (χ4n) is 2.64. The average molecular weight is 294 g/mol. The molecule has 5 nitrogen and oxygen atoms in total. The zero-order valence-corrected chi connectivity index (χ0v) is 11.6. The first-order valence-corrected chi connectivity index (χ1v) is 7.01. The molecule has 0 heterocycles. The van der Waals surface area contributed by atoms with E-state index in [2.05, 4.69) is 5.32 Å². The summed E-state index contributed by atoms with van der Waals surface area (Å²) in [7, 11) is 0. The number of nitrogens with two attached hydrogens (primary N) is 1. The van der Waals surface area contributed by atoms with E-state index in [-0.39, 0.29) is 17.5 Å². The number of amides is 1.